The Balaban J connectivity index is 1.29. The maximum atomic E-state index is 14.8. The number of ether oxygens (including phenoxy) is 3. The molecule has 14 nitrogen and oxygen atoms in total. The molecule has 59 heavy (non-hydrogen) atoms. The molecule has 7 rings (SSSR count). The minimum Gasteiger partial charge on any atom is -0.497 e. The van der Waals surface area contributed by atoms with Gasteiger partial charge >= 0.3 is 12.3 Å². The number of nitrogens with zero attached hydrogens (tertiary/aromatic N) is 2. The fourth-order valence-electron chi connectivity index (χ4n) is 8.65. The van der Waals surface area contributed by atoms with Gasteiger partial charge in [0.1, 0.15) is 34.6 Å². The van der Waals surface area contributed by atoms with E-state index in [4.69, 9.17) is 14.2 Å². The van der Waals surface area contributed by atoms with E-state index in [1.54, 1.807) is 26.8 Å². The van der Waals surface area contributed by atoms with E-state index in [1.165, 1.54) is 31.1 Å². The van der Waals surface area contributed by atoms with Gasteiger partial charge in [0.05, 0.1) is 23.9 Å². The van der Waals surface area contributed by atoms with Gasteiger partial charge < -0.3 is 29.7 Å². The van der Waals surface area contributed by atoms with E-state index in [2.05, 4.69) is 20.3 Å². The summed E-state index contributed by atoms with van der Waals surface area (Å²) in [5.74, 6) is -3.08. The lowest BCUT2D eigenvalue weighted by Gasteiger charge is -2.48. The summed E-state index contributed by atoms with van der Waals surface area (Å²) >= 11 is 0. The number of methoxy groups -OCH3 is 1. The van der Waals surface area contributed by atoms with Crippen LogP contribution in [-0.2, 0) is 41.7 Å². The molecule has 0 unspecified atom stereocenters. The van der Waals surface area contributed by atoms with Gasteiger partial charge in [-0.25, -0.2) is 18.2 Å². The Morgan fingerprint density at radius 1 is 1.05 bits per heavy atom. The Morgan fingerprint density at radius 3 is 2.44 bits per heavy atom. The van der Waals surface area contributed by atoms with Gasteiger partial charge in [0, 0.05) is 23.3 Å². The highest BCUT2D eigenvalue weighted by Crippen LogP contribution is 2.50. The van der Waals surface area contributed by atoms with Crippen LogP contribution in [0.15, 0.2) is 30.4 Å². The van der Waals surface area contributed by atoms with Crippen LogP contribution in [0.2, 0.25) is 0 Å². The molecular formula is C41H52F3N5O9S. The molecule has 5 atom stereocenters. The summed E-state index contributed by atoms with van der Waals surface area (Å²) in [6.45, 7) is 6.21. The van der Waals surface area contributed by atoms with Gasteiger partial charge in [-0.1, -0.05) is 25.0 Å². The third-order valence-corrected chi connectivity index (χ3v) is 14.6. The van der Waals surface area contributed by atoms with Gasteiger partial charge in [-0.15, -0.1) is 0 Å². The van der Waals surface area contributed by atoms with Crippen molar-refractivity contribution < 1.29 is 55.0 Å². The number of alkyl carbamates (subject to hydrolysis) is 1. The fourth-order valence-corrected chi connectivity index (χ4v) is 9.96. The first kappa shape index (κ1) is 42.5. The Kier molecular flexibility index (Phi) is 10.9. The number of carbonyl (C=O) groups is 4. The van der Waals surface area contributed by atoms with Crippen molar-refractivity contribution in [3.8, 4) is 11.5 Å². The van der Waals surface area contributed by atoms with Gasteiger partial charge in [0.2, 0.25) is 21.8 Å². The van der Waals surface area contributed by atoms with Crippen molar-refractivity contribution in [2.24, 2.45) is 5.92 Å². The zero-order valence-electron chi connectivity index (χ0n) is 33.9. The predicted octanol–water partition coefficient (Wildman–Crippen LogP) is 5.60. The van der Waals surface area contributed by atoms with Crippen molar-refractivity contribution in [3.63, 3.8) is 0 Å². The Labute approximate surface area is 341 Å². The summed E-state index contributed by atoms with van der Waals surface area (Å²) in [6, 6.07) is 1.95. The second-order valence-electron chi connectivity index (χ2n) is 17.9. The van der Waals surface area contributed by atoms with Crippen molar-refractivity contribution in [1.82, 2.24) is 25.2 Å². The topological polar surface area (TPSA) is 182 Å². The average Bonchev–Trinajstić information content (AvgIpc) is 3.81. The van der Waals surface area contributed by atoms with Crippen molar-refractivity contribution in [1.29, 1.82) is 0 Å². The summed E-state index contributed by atoms with van der Waals surface area (Å²) < 4.78 is 89.3. The van der Waals surface area contributed by atoms with Crippen LogP contribution >= 0.6 is 0 Å². The molecule has 2 aromatic rings. The van der Waals surface area contributed by atoms with Gasteiger partial charge in [0.15, 0.2) is 11.4 Å². The van der Waals surface area contributed by atoms with Crippen molar-refractivity contribution >= 4 is 44.7 Å². The Hall–Kier alpha value is -4.61. The lowest BCUT2D eigenvalue weighted by atomic mass is 9.65. The minimum atomic E-state index is -4.93. The standard InChI is InChI=1S/C41H52F3N5O9S/c1-37(2,3)58-36(53)46-29-12-10-8-6-7-9-11-24-15-18-40(24,35(52)48-59(54,55)38(4)19-20-38)47-33(50)30-22-39(23-49(30)34(29)51)17-16-26-27-21-25(56-5)13-14-28(27)45-32(31(26)57-39)41(42,43)44/h9,11,13-14,21,24,29-30H,6-8,10,12,15-20,22-23H2,1-5H3,(H,46,53)(H,47,50)(H,48,52)/b11-9-/t24-,29+,30+,39-,40-/m1/s1. The number of rotatable bonds is 5. The van der Waals surface area contributed by atoms with E-state index in [1.807, 2.05) is 12.2 Å². The first-order valence-corrected chi connectivity index (χ1v) is 21.7. The summed E-state index contributed by atoms with van der Waals surface area (Å²) in [4.78, 5) is 62.0. The lowest BCUT2D eigenvalue weighted by Crippen LogP contribution is -2.70. The van der Waals surface area contributed by atoms with E-state index in [9.17, 15) is 40.8 Å². The van der Waals surface area contributed by atoms with Gasteiger partial charge in [-0.05, 0) is 104 Å². The first-order chi connectivity index (χ1) is 27.6. The van der Waals surface area contributed by atoms with Gasteiger partial charge in [-0.3, -0.25) is 19.1 Å². The van der Waals surface area contributed by atoms with Crippen LogP contribution in [0.1, 0.15) is 110 Å². The number of halogens is 3. The number of carbonyl (C=O) groups excluding carboxylic acids is 4. The molecule has 1 aromatic heterocycles. The van der Waals surface area contributed by atoms with Crippen LogP contribution in [0.25, 0.3) is 10.9 Å². The molecule has 3 N–H and O–H groups in total. The van der Waals surface area contributed by atoms with Crippen molar-refractivity contribution in [2.45, 2.75) is 144 Å². The van der Waals surface area contributed by atoms with Crippen molar-refractivity contribution in [2.75, 3.05) is 13.7 Å². The maximum absolute atomic E-state index is 14.8. The first-order valence-electron chi connectivity index (χ1n) is 20.2. The third kappa shape index (κ3) is 8.29. The van der Waals surface area contributed by atoms with Gasteiger partial charge in [-0.2, -0.15) is 13.2 Å². The number of aryl methyl sites for hydroxylation is 1. The zero-order chi connectivity index (χ0) is 42.8. The molecule has 18 heteroatoms. The summed E-state index contributed by atoms with van der Waals surface area (Å²) in [5, 5.41) is 5.92. The van der Waals surface area contributed by atoms with E-state index >= 15 is 0 Å². The molecule has 0 radical (unpaired) electrons. The normalized spacial score (nSPS) is 28.9. The number of aromatic nitrogens is 1. The molecular weight excluding hydrogens is 796 g/mol. The molecule has 4 amide bonds. The van der Waals surface area contributed by atoms with E-state index < -0.39 is 90.9 Å². The fraction of sp³-hybridized carbons (Fsp3) is 0.634. The maximum Gasteiger partial charge on any atom is 0.437 e. The minimum absolute atomic E-state index is 0.0659. The monoisotopic (exact) mass is 847 g/mol. The summed E-state index contributed by atoms with van der Waals surface area (Å²) in [7, 11) is -2.67. The highest BCUT2D eigenvalue weighted by Gasteiger charge is 2.60. The molecule has 1 spiro atoms. The predicted molar refractivity (Wildman–Crippen MR) is 209 cm³/mol. The molecule has 5 aliphatic rings. The van der Waals surface area contributed by atoms with Gasteiger partial charge in [0.25, 0.3) is 5.91 Å². The number of benzene rings is 1. The highest BCUT2D eigenvalue weighted by atomic mass is 32.2. The Morgan fingerprint density at radius 2 is 1.80 bits per heavy atom. The number of alkyl halides is 3. The molecule has 3 aliphatic heterocycles. The molecule has 322 valence electrons. The summed E-state index contributed by atoms with van der Waals surface area (Å²) in [5.41, 5.74) is -5.04. The van der Waals surface area contributed by atoms with Crippen LogP contribution in [0.4, 0.5) is 18.0 Å². The number of nitrogens with one attached hydrogen (secondary N) is 3. The lowest BCUT2D eigenvalue weighted by molar-refractivity contribution is -0.145. The largest absolute Gasteiger partial charge is 0.497 e. The second-order valence-corrected chi connectivity index (χ2v) is 20.1. The average molecular weight is 848 g/mol. The summed E-state index contributed by atoms with van der Waals surface area (Å²) in [6.07, 6.45) is 1.76. The third-order valence-electron chi connectivity index (χ3n) is 12.4. The number of pyridine rings is 1. The van der Waals surface area contributed by atoms with Crippen LogP contribution in [0.3, 0.4) is 0 Å². The smallest absolute Gasteiger partial charge is 0.437 e. The highest BCUT2D eigenvalue weighted by molar-refractivity contribution is 7.91. The van der Waals surface area contributed by atoms with Crippen LogP contribution in [0, 0.1) is 5.92 Å². The molecule has 2 aliphatic carbocycles. The van der Waals surface area contributed by atoms with E-state index in [0.29, 0.717) is 56.1 Å². The van der Waals surface area contributed by atoms with Crippen molar-refractivity contribution in [3.05, 3.63) is 41.6 Å². The molecule has 0 bridgehead atoms. The number of allylic oxidation sites excluding steroid dienone is 1. The SMILES string of the molecule is COc1ccc2nc(C(F)(F)F)c3c(c2c1)CC[C@]1(C[C@H]2C(=O)N[C@]4(C(=O)NS(=O)(=O)C5(C)CC5)CC[C@H]4/C=C\CCCCC[C@H](NC(=O)OC(C)(C)C)C(=O)N2C1)O3. The second kappa shape index (κ2) is 15.1. The number of sulfonamides is 1. The quantitative estimate of drug-likeness (QED) is 0.321. The molecule has 2 saturated carbocycles. The van der Waals surface area contributed by atoms with E-state index in [0.717, 1.165) is 0 Å². The van der Waals surface area contributed by atoms with Crippen LogP contribution in [0.5, 0.6) is 11.5 Å². The van der Waals surface area contributed by atoms with Crippen LogP contribution in [-0.4, -0.2) is 89.3 Å². The number of hydrogen-bond acceptors (Lipinski definition) is 10. The number of hydrogen-bond donors (Lipinski definition) is 3. The molecule has 1 saturated heterocycles. The molecule has 1 aromatic carbocycles. The molecule has 3 fully saturated rings. The molecule has 4 heterocycles. The number of amides is 4. The number of fused-ring (bicyclic) bond motifs is 5. The van der Waals surface area contributed by atoms with E-state index in [-0.39, 0.29) is 49.7 Å². The zero-order valence-corrected chi connectivity index (χ0v) is 34.7. The Bertz CT molecular complexity index is 2190. The van der Waals surface area contributed by atoms with Crippen LogP contribution < -0.4 is 24.8 Å².